The van der Waals surface area contributed by atoms with Crippen molar-refractivity contribution < 1.29 is 9.53 Å². The van der Waals surface area contributed by atoms with E-state index in [1.165, 1.54) is 17.6 Å². The molecule has 4 rings (SSSR count). The van der Waals surface area contributed by atoms with Gasteiger partial charge in [-0.1, -0.05) is 23.7 Å². The lowest BCUT2D eigenvalue weighted by Gasteiger charge is -2.30. The Morgan fingerprint density at radius 1 is 1.07 bits per heavy atom. The molecule has 1 saturated heterocycles. The summed E-state index contributed by atoms with van der Waals surface area (Å²) in [5.74, 6) is 0.249. The lowest BCUT2D eigenvalue weighted by molar-refractivity contribution is -0.127. The zero-order valence-electron chi connectivity index (χ0n) is 17.2. The fourth-order valence-electron chi connectivity index (χ4n) is 4.68. The monoisotopic (exact) mass is 417 g/mol. The first-order valence-corrected chi connectivity index (χ1v) is 11.4. The molecule has 1 fully saturated rings. The zero-order chi connectivity index (χ0) is 20.1. The molecule has 5 nitrogen and oxygen atoms in total. The van der Waals surface area contributed by atoms with Crippen molar-refractivity contribution in [2.24, 2.45) is 0 Å². The van der Waals surface area contributed by atoms with E-state index in [1.807, 2.05) is 12.1 Å². The van der Waals surface area contributed by atoms with Crippen LogP contribution in [0.5, 0.6) is 0 Å². The van der Waals surface area contributed by atoms with Gasteiger partial charge in [-0.15, -0.1) is 0 Å². The van der Waals surface area contributed by atoms with Gasteiger partial charge in [0.1, 0.15) is 6.17 Å². The molecule has 0 saturated carbocycles. The third kappa shape index (κ3) is 5.21. The van der Waals surface area contributed by atoms with Crippen LogP contribution in [-0.2, 0) is 16.0 Å². The molecule has 29 heavy (non-hydrogen) atoms. The smallest absolute Gasteiger partial charge is 0.251 e. The second-order valence-corrected chi connectivity index (χ2v) is 8.69. The maximum Gasteiger partial charge on any atom is 0.251 e. The SMILES string of the molecule is O=C1C2=C(CCCC2)[C@H](NCCCN2CCOCC2)N1CCc1ccc(Cl)cc1. The van der Waals surface area contributed by atoms with Gasteiger partial charge in [-0.2, -0.15) is 0 Å². The van der Waals surface area contributed by atoms with Crippen molar-refractivity contribution in [2.45, 2.75) is 44.7 Å². The molecule has 1 N–H and O–H groups in total. The third-order valence-corrected chi connectivity index (χ3v) is 6.57. The normalized spacial score (nSPS) is 23.0. The maximum absolute atomic E-state index is 13.1. The minimum Gasteiger partial charge on any atom is -0.379 e. The van der Waals surface area contributed by atoms with Gasteiger partial charge >= 0.3 is 0 Å². The number of nitrogens with zero attached hydrogens (tertiary/aromatic N) is 2. The van der Waals surface area contributed by atoms with Crippen molar-refractivity contribution in [3.8, 4) is 0 Å². The van der Waals surface area contributed by atoms with E-state index < -0.39 is 0 Å². The second kappa shape index (κ2) is 10.1. The predicted molar refractivity (Wildman–Crippen MR) is 116 cm³/mol. The molecule has 0 radical (unpaired) electrons. The number of morpholine rings is 1. The van der Waals surface area contributed by atoms with Crippen LogP contribution in [0.25, 0.3) is 0 Å². The van der Waals surface area contributed by atoms with E-state index in [0.29, 0.717) is 0 Å². The lowest BCUT2D eigenvalue weighted by atomic mass is 9.92. The number of benzene rings is 1. The van der Waals surface area contributed by atoms with Gasteiger partial charge in [-0.3, -0.25) is 15.0 Å². The Bertz CT molecular complexity index is 728. The summed E-state index contributed by atoms with van der Waals surface area (Å²) in [6.45, 7) is 6.53. The van der Waals surface area contributed by atoms with Crippen molar-refractivity contribution in [1.29, 1.82) is 0 Å². The topological polar surface area (TPSA) is 44.8 Å². The molecule has 1 aromatic rings. The molecule has 1 aromatic carbocycles. The molecule has 2 heterocycles. The van der Waals surface area contributed by atoms with Crippen LogP contribution < -0.4 is 5.32 Å². The molecular weight excluding hydrogens is 386 g/mol. The summed E-state index contributed by atoms with van der Waals surface area (Å²) in [6, 6.07) is 7.96. The van der Waals surface area contributed by atoms with Gasteiger partial charge < -0.3 is 9.64 Å². The average molecular weight is 418 g/mol. The van der Waals surface area contributed by atoms with Crippen molar-refractivity contribution in [2.75, 3.05) is 45.9 Å². The predicted octanol–water partition coefficient (Wildman–Crippen LogP) is 3.23. The third-order valence-electron chi connectivity index (χ3n) is 6.32. The maximum atomic E-state index is 13.1. The number of hydrogen-bond acceptors (Lipinski definition) is 4. The summed E-state index contributed by atoms with van der Waals surface area (Å²) in [5, 5.41) is 4.47. The van der Waals surface area contributed by atoms with Crippen LogP contribution in [0.3, 0.4) is 0 Å². The number of nitrogens with one attached hydrogen (secondary N) is 1. The first-order chi connectivity index (χ1) is 14.2. The van der Waals surface area contributed by atoms with Gasteiger partial charge in [0.2, 0.25) is 0 Å². The average Bonchev–Trinajstić information content (AvgIpc) is 3.03. The Kier molecular flexibility index (Phi) is 7.24. The Labute approximate surface area is 179 Å². The number of ether oxygens (including phenoxy) is 1. The molecule has 158 valence electrons. The van der Waals surface area contributed by atoms with Crippen molar-refractivity contribution in [3.05, 3.63) is 46.0 Å². The van der Waals surface area contributed by atoms with E-state index in [9.17, 15) is 4.79 Å². The number of hydrogen-bond donors (Lipinski definition) is 1. The van der Waals surface area contributed by atoms with Crippen LogP contribution in [0.15, 0.2) is 35.4 Å². The molecule has 0 unspecified atom stereocenters. The van der Waals surface area contributed by atoms with Gasteiger partial charge in [0, 0.05) is 30.2 Å². The van der Waals surface area contributed by atoms with Crippen LogP contribution in [0.4, 0.5) is 0 Å². The largest absolute Gasteiger partial charge is 0.379 e. The molecule has 1 aliphatic carbocycles. The summed E-state index contributed by atoms with van der Waals surface area (Å²) in [7, 11) is 0. The Balaban J connectivity index is 1.34. The lowest BCUT2D eigenvalue weighted by Crippen LogP contribution is -2.47. The minimum absolute atomic E-state index is 0.0785. The standard InChI is InChI=1S/C23H32ClN3O2/c24-19-8-6-18(7-9-19)10-13-27-22(20-4-1-2-5-21(20)23(27)28)25-11-3-12-26-14-16-29-17-15-26/h6-9,22,25H,1-5,10-17H2/t22-/m1/s1. The number of carbonyl (C=O) groups excluding carboxylic acids is 1. The summed E-state index contributed by atoms with van der Waals surface area (Å²) in [6.07, 6.45) is 6.36. The molecular formula is C23H32ClN3O2. The molecule has 3 aliphatic rings. The summed E-state index contributed by atoms with van der Waals surface area (Å²) < 4.78 is 5.43. The van der Waals surface area contributed by atoms with E-state index in [0.717, 1.165) is 88.6 Å². The molecule has 1 atom stereocenters. The van der Waals surface area contributed by atoms with Gasteiger partial charge in [0.15, 0.2) is 0 Å². The molecule has 1 amide bonds. The Morgan fingerprint density at radius 2 is 1.83 bits per heavy atom. The van der Waals surface area contributed by atoms with Crippen LogP contribution >= 0.6 is 11.6 Å². The fraction of sp³-hybridized carbons (Fsp3) is 0.609. The van der Waals surface area contributed by atoms with Gasteiger partial charge in [0.25, 0.3) is 5.91 Å². The molecule has 0 aromatic heterocycles. The molecule has 6 heteroatoms. The molecule has 0 spiro atoms. The summed E-state index contributed by atoms with van der Waals surface area (Å²) in [5.41, 5.74) is 3.65. The summed E-state index contributed by atoms with van der Waals surface area (Å²) >= 11 is 6.00. The highest BCUT2D eigenvalue weighted by atomic mass is 35.5. The van der Waals surface area contributed by atoms with Crippen molar-refractivity contribution in [3.63, 3.8) is 0 Å². The quantitative estimate of drug-likeness (QED) is 0.659. The first-order valence-electron chi connectivity index (χ1n) is 11.0. The van der Waals surface area contributed by atoms with Crippen LogP contribution in [0, 0.1) is 0 Å². The van der Waals surface area contributed by atoms with Crippen LogP contribution in [-0.4, -0.2) is 67.8 Å². The van der Waals surface area contributed by atoms with E-state index in [2.05, 4.69) is 27.2 Å². The number of rotatable bonds is 8. The van der Waals surface area contributed by atoms with Crippen molar-refractivity contribution in [1.82, 2.24) is 15.1 Å². The first kappa shape index (κ1) is 20.9. The van der Waals surface area contributed by atoms with E-state index in [-0.39, 0.29) is 12.1 Å². The van der Waals surface area contributed by atoms with Gasteiger partial charge in [-0.05, 0) is 74.9 Å². The summed E-state index contributed by atoms with van der Waals surface area (Å²) in [4.78, 5) is 17.6. The van der Waals surface area contributed by atoms with E-state index in [1.54, 1.807) is 0 Å². The van der Waals surface area contributed by atoms with E-state index in [4.69, 9.17) is 16.3 Å². The van der Waals surface area contributed by atoms with Crippen LogP contribution in [0.2, 0.25) is 5.02 Å². The zero-order valence-corrected chi connectivity index (χ0v) is 17.9. The van der Waals surface area contributed by atoms with Crippen molar-refractivity contribution >= 4 is 17.5 Å². The Morgan fingerprint density at radius 3 is 2.62 bits per heavy atom. The molecule has 0 bridgehead atoms. The second-order valence-electron chi connectivity index (χ2n) is 8.25. The number of carbonyl (C=O) groups is 1. The number of halogens is 1. The minimum atomic E-state index is 0.0785. The Hall–Kier alpha value is -1.40. The van der Waals surface area contributed by atoms with E-state index >= 15 is 0 Å². The number of amides is 1. The highest BCUT2D eigenvalue weighted by molar-refractivity contribution is 6.30. The molecule has 2 aliphatic heterocycles. The van der Waals surface area contributed by atoms with Crippen LogP contribution in [0.1, 0.15) is 37.7 Å². The fourth-order valence-corrected chi connectivity index (χ4v) is 4.81. The van der Waals surface area contributed by atoms with Gasteiger partial charge in [-0.25, -0.2) is 0 Å². The van der Waals surface area contributed by atoms with Gasteiger partial charge in [0.05, 0.1) is 13.2 Å². The highest BCUT2D eigenvalue weighted by Gasteiger charge is 2.38. The highest BCUT2D eigenvalue weighted by Crippen LogP contribution is 2.35.